The van der Waals surface area contributed by atoms with E-state index in [1.54, 1.807) is 6.92 Å². The molecule has 3 rings (SSSR count). The fourth-order valence-electron chi connectivity index (χ4n) is 3.55. The zero-order chi connectivity index (χ0) is 23.9. The molecule has 1 aromatic heterocycles. The molecule has 1 aromatic carbocycles. The van der Waals surface area contributed by atoms with Crippen LogP contribution in [0.25, 0.3) is 0 Å². The number of pyridine rings is 1. The Bertz CT molecular complexity index is 1050. The lowest BCUT2D eigenvalue weighted by Crippen LogP contribution is -2.32. The van der Waals surface area contributed by atoms with Gasteiger partial charge >= 0.3 is 12.4 Å². The number of benzene rings is 1. The van der Waals surface area contributed by atoms with Crippen LogP contribution in [0.5, 0.6) is 0 Å². The number of aliphatic hydroxyl groups excluding tert-OH is 1. The molecule has 12 heteroatoms. The third-order valence-electron chi connectivity index (χ3n) is 5.06. The molecule has 5 nitrogen and oxygen atoms in total. The topological polar surface area (TPSA) is 76.5 Å². The minimum Gasteiger partial charge on any atom is -0.387 e. The highest BCUT2D eigenvalue weighted by molar-refractivity contribution is 7.92. The molecule has 0 radical (unpaired) electrons. The van der Waals surface area contributed by atoms with E-state index in [0.29, 0.717) is 25.0 Å². The van der Waals surface area contributed by atoms with Crippen LogP contribution in [0.1, 0.15) is 54.5 Å². The fraction of sp³-hybridized carbons (Fsp3) is 0.450. The summed E-state index contributed by atoms with van der Waals surface area (Å²) in [5.41, 5.74) is -4.36. The lowest BCUT2D eigenvalue weighted by atomic mass is 9.97. The first-order valence-electron chi connectivity index (χ1n) is 9.57. The third-order valence-corrected chi connectivity index (χ3v) is 7.27. The van der Waals surface area contributed by atoms with Crippen molar-refractivity contribution in [3.63, 3.8) is 0 Å². The first kappa shape index (κ1) is 24.5. The average molecular weight is 483 g/mol. The normalized spacial score (nSPS) is 21.4. The maximum Gasteiger partial charge on any atom is 0.433 e. The number of alkyl halides is 6. The number of hydrogen-bond acceptors (Lipinski definition) is 5. The Labute approximate surface area is 180 Å². The van der Waals surface area contributed by atoms with Crippen molar-refractivity contribution in [2.75, 3.05) is 6.61 Å². The van der Waals surface area contributed by atoms with Crippen LogP contribution in [0.15, 0.2) is 41.3 Å². The fourth-order valence-corrected chi connectivity index (χ4v) is 5.67. The van der Waals surface area contributed by atoms with Gasteiger partial charge in [0.15, 0.2) is 9.84 Å². The first-order chi connectivity index (χ1) is 14.8. The number of aliphatic hydroxyl groups is 1. The molecule has 0 aliphatic carbocycles. The van der Waals surface area contributed by atoms with Crippen molar-refractivity contribution >= 4 is 9.84 Å². The SMILES string of the molecule is CCCCOC(c1cc(C(F)(F)F)nc(C(F)(F)F)c1)C1C(O)c2ccccc2S1(=O)=O. The van der Waals surface area contributed by atoms with Gasteiger partial charge in [0.2, 0.25) is 0 Å². The van der Waals surface area contributed by atoms with Crippen LogP contribution in [-0.4, -0.2) is 30.4 Å². The molecule has 0 fully saturated rings. The van der Waals surface area contributed by atoms with Gasteiger partial charge in [-0.05, 0) is 30.2 Å². The zero-order valence-corrected chi connectivity index (χ0v) is 17.4. The minimum atomic E-state index is -5.22. The number of rotatable bonds is 6. The molecule has 2 heterocycles. The molecule has 0 saturated carbocycles. The quantitative estimate of drug-likeness (QED) is 0.469. The van der Waals surface area contributed by atoms with E-state index in [0.717, 1.165) is 0 Å². The Morgan fingerprint density at radius 3 is 2.12 bits per heavy atom. The lowest BCUT2D eigenvalue weighted by molar-refractivity contribution is -0.150. The minimum absolute atomic E-state index is 0.00253. The number of ether oxygens (including phenoxy) is 1. The van der Waals surface area contributed by atoms with Gasteiger partial charge < -0.3 is 9.84 Å². The molecular formula is C20H19F6NO4S. The van der Waals surface area contributed by atoms with Crippen molar-refractivity contribution in [1.29, 1.82) is 0 Å². The van der Waals surface area contributed by atoms with Crippen molar-refractivity contribution in [2.24, 2.45) is 0 Å². The van der Waals surface area contributed by atoms with Crippen molar-refractivity contribution in [3.8, 4) is 0 Å². The van der Waals surface area contributed by atoms with E-state index in [-0.39, 0.29) is 17.1 Å². The van der Waals surface area contributed by atoms with Crippen LogP contribution in [0.3, 0.4) is 0 Å². The molecule has 1 aliphatic heterocycles. The second-order valence-corrected chi connectivity index (χ2v) is 9.38. The van der Waals surface area contributed by atoms with Crippen LogP contribution in [-0.2, 0) is 26.9 Å². The third kappa shape index (κ3) is 4.62. The number of unbranched alkanes of at least 4 members (excludes halogenated alkanes) is 1. The van der Waals surface area contributed by atoms with Gasteiger partial charge in [-0.2, -0.15) is 26.3 Å². The molecule has 0 amide bonds. The van der Waals surface area contributed by atoms with Crippen molar-refractivity contribution in [1.82, 2.24) is 4.98 Å². The summed E-state index contributed by atoms with van der Waals surface area (Å²) >= 11 is 0. The second kappa shape index (κ2) is 8.64. The van der Waals surface area contributed by atoms with Gasteiger partial charge in [0, 0.05) is 12.2 Å². The summed E-state index contributed by atoms with van der Waals surface area (Å²) in [5.74, 6) is 0. The van der Waals surface area contributed by atoms with E-state index >= 15 is 0 Å². The highest BCUT2D eigenvalue weighted by Crippen LogP contribution is 2.47. The summed E-state index contributed by atoms with van der Waals surface area (Å²) in [7, 11) is -4.33. The predicted octanol–water partition coefficient (Wildman–Crippen LogP) is 4.87. The highest BCUT2D eigenvalue weighted by Gasteiger charge is 2.50. The smallest absolute Gasteiger partial charge is 0.387 e. The van der Waals surface area contributed by atoms with Crippen molar-refractivity contribution < 1.29 is 44.6 Å². The lowest BCUT2D eigenvalue weighted by Gasteiger charge is -2.27. The van der Waals surface area contributed by atoms with E-state index in [4.69, 9.17) is 4.74 Å². The Morgan fingerprint density at radius 1 is 1.06 bits per heavy atom. The summed E-state index contributed by atoms with van der Waals surface area (Å²) < 4.78 is 111. The van der Waals surface area contributed by atoms with Gasteiger partial charge in [0.05, 0.1) is 4.90 Å². The van der Waals surface area contributed by atoms with E-state index in [9.17, 15) is 39.9 Å². The van der Waals surface area contributed by atoms with E-state index in [2.05, 4.69) is 4.98 Å². The van der Waals surface area contributed by atoms with Crippen LogP contribution < -0.4 is 0 Å². The van der Waals surface area contributed by atoms with Gasteiger partial charge in [-0.15, -0.1) is 0 Å². The summed E-state index contributed by atoms with van der Waals surface area (Å²) in [5, 5.41) is 8.87. The molecule has 32 heavy (non-hydrogen) atoms. The monoisotopic (exact) mass is 483 g/mol. The van der Waals surface area contributed by atoms with Gasteiger partial charge in [0.25, 0.3) is 0 Å². The summed E-state index contributed by atoms with van der Waals surface area (Å²) in [4.78, 5) is 2.41. The van der Waals surface area contributed by atoms with Gasteiger partial charge in [0.1, 0.15) is 28.8 Å². The van der Waals surface area contributed by atoms with Crippen LogP contribution >= 0.6 is 0 Å². The molecule has 3 unspecified atom stereocenters. The molecular weight excluding hydrogens is 464 g/mol. The predicted molar refractivity (Wildman–Crippen MR) is 100 cm³/mol. The van der Waals surface area contributed by atoms with Gasteiger partial charge in [-0.25, -0.2) is 13.4 Å². The molecule has 0 bridgehead atoms. The maximum atomic E-state index is 13.3. The maximum absolute atomic E-state index is 13.3. The van der Waals surface area contributed by atoms with Gasteiger partial charge in [-0.3, -0.25) is 0 Å². The highest BCUT2D eigenvalue weighted by atomic mass is 32.2. The summed E-state index contributed by atoms with van der Waals surface area (Å²) in [6.45, 7) is 1.63. The molecule has 0 saturated heterocycles. The molecule has 2 aromatic rings. The van der Waals surface area contributed by atoms with Crippen LogP contribution in [0, 0.1) is 0 Å². The number of sulfone groups is 1. The van der Waals surface area contributed by atoms with E-state index < -0.39 is 56.6 Å². The summed E-state index contributed by atoms with van der Waals surface area (Å²) in [6.07, 6.45) is -13.0. The number of aromatic nitrogens is 1. The standard InChI is InChI=1S/C20H19F6NO4S/c1-2-3-8-31-17(18-16(28)12-6-4-5-7-13(12)32(18,29)30)11-9-14(19(21,22)23)27-15(10-11)20(24,25)26/h4-7,9-10,16-18,28H,2-3,8H2,1H3. The molecule has 3 atom stereocenters. The number of hydrogen-bond donors (Lipinski definition) is 1. The van der Waals surface area contributed by atoms with E-state index in [1.165, 1.54) is 24.3 Å². The first-order valence-corrected chi connectivity index (χ1v) is 11.1. The van der Waals surface area contributed by atoms with Crippen LogP contribution in [0.2, 0.25) is 0 Å². The Kier molecular flexibility index (Phi) is 6.60. The average Bonchev–Trinajstić information content (AvgIpc) is 2.90. The Balaban J connectivity index is 2.19. The number of fused-ring (bicyclic) bond motifs is 1. The second-order valence-electron chi connectivity index (χ2n) is 7.30. The number of halogens is 6. The molecule has 176 valence electrons. The summed E-state index contributed by atoms with van der Waals surface area (Å²) in [6, 6.07) is 6.06. The molecule has 1 N–H and O–H groups in total. The Morgan fingerprint density at radius 2 is 1.62 bits per heavy atom. The zero-order valence-electron chi connectivity index (χ0n) is 16.6. The van der Waals surface area contributed by atoms with Crippen molar-refractivity contribution in [2.45, 2.75) is 54.5 Å². The van der Waals surface area contributed by atoms with Crippen LogP contribution in [0.4, 0.5) is 26.3 Å². The van der Waals surface area contributed by atoms with Crippen molar-refractivity contribution in [3.05, 3.63) is 58.9 Å². The largest absolute Gasteiger partial charge is 0.433 e. The van der Waals surface area contributed by atoms with Gasteiger partial charge in [-0.1, -0.05) is 31.5 Å². The molecule has 1 aliphatic rings. The number of nitrogens with zero attached hydrogens (tertiary/aromatic N) is 1. The molecule has 0 spiro atoms. The van der Waals surface area contributed by atoms with E-state index in [1.807, 2.05) is 0 Å². The Hall–Kier alpha value is -2.18.